The molecule has 0 aromatic rings. The average Bonchev–Trinajstić information content (AvgIpc) is 2.11. The predicted octanol–water partition coefficient (Wildman–Crippen LogP) is 2.33. The summed E-state index contributed by atoms with van der Waals surface area (Å²) >= 11 is 0. The maximum absolute atomic E-state index is 5.60. The second-order valence-electron chi connectivity index (χ2n) is 3.57. The Morgan fingerprint density at radius 2 is 1.79 bits per heavy atom. The van der Waals surface area contributed by atoms with Crippen LogP contribution in [-0.2, 0) is 4.74 Å². The molecule has 0 rings (SSSR count). The molecular formula is C11H22N2O. The predicted molar refractivity (Wildman–Crippen MR) is 60.5 cm³/mol. The van der Waals surface area contributed by atoms with E-state index in [2.05, 4.69) is 17.8 Å². The van der Waals surface area contributed by atoms with Gasteiger partial charge < -0.3 is 10.2 Å². The Balaban J connectivity index is 4.47. The SMILES string of the molecule is CNN/C=C(C)/C(C)=C(/C)OC(C)C. The zero-order chi connectivity index (χ0) is 11.1. The van der Waals surface area contributed by atoms with E-state index in [0.717, 1.165) is 11.3 Å². The molecule has 82 valence electrons. The van der Waals surface area contributed by atoms with Crippen molar-refractivity contribution in [1.29, 1.82) is 0 Å². The van der Waals surface area contributed by atoms with Crippen LogP contribution in [-0.4, -0.2) is 13.2 Å². The summed E-state index contributed by atoms with van der Waals surface area (Å²) < 4.78 is 5.60. The normalized spacial score (nSPS) is 14.1. The smallest absolute Gasteiger partial charge is 0.0965 e. The van der Waals surface area contributed by atoms with Gasteiger partial charge in [0.2, 0.25) is 0 Å². The molecule has 3 heteroatoms. The summed E-state index contributed by atoms with van der Waals surface area (Å²) in [4.78, 5) is 0. The minimum Gasteiger partial charge on any atom is -0.495 e. The van der Waals surface area contributed by atoms with E-state index < -0.39 is 0 Å². The first-order valence-electron chi connectivity index (χ1n) is 4.92. The molecule has 0 aliphatic carbocycles. The summed E-state index contributed by atoms with van der Waals surface area (Å²) in [6, 6.07) is 0. The standard InChI is InChI=1S/C11H22N2O/c1-8(2)14-11(5)10(4)9(3)7-13-12-6/h7-8,12-13H,1-6H3/b9-7+,11-10-. The summed E-state index contributed by atoms with van der Waals surface area (Å²) in [6.07, 6.45) is 2.15. The number of hydrazine groups is 1. The van der Waals surface area contributed by atoms with Crippen LogP contribution in [0.25, 0.3) is 0 Å². The van der Waals surface area contributed by atoms with E-state index in [4.69, 9.17) is 4.74 Å². The van der Waals surface area contributed by atoms with Gasteiger partial charge in [0.25, 0.3) is 0 Å². The zero-order valence-electron chi connectivity index (χ0n) is 10.1. The van der Waals surface area contributed by atoms with Crippen molar-refractivity contribution in [2.45, 2.75) is 40.7 Å². The van der Waals surface area contributed by atoms with Gasteiger partial charge in [-0.25, -0.2) is 5.43 Å². The first-order valence-corrected chi connectivity index (χ1v) is 4.92. The van der Waals surface area contributed by atoms with E-state index in [9.17, 15) is 0 Å². The van der Waals surface area contributed by atoms with Crippen LogP contribution in [0, 0.1) is 0 Å². The second kappa shape index (κ2) is 6.49. The molecular weight excluding hydrogens is 176 g/mol. The van der Waals surface area contributed by atoms with Gasteiger partial charge in [-0.3, -0.25) is 0 Å². The van der Waals surface area contributed by atoms with Crippen LogP contribution >= 0.6 is 0 Å². The van der Waals surface area contributed by atoms with Gasteiger partial charge in [-0.15, -0.1) is 0 Å². The second-order valence-corrected chi connectivity index (χ2v) is 3.57. The van der Waals surface area contributed by atoms with E-state index in [0.29, 0.717) is 0 Å². The molecule has 3 nitrogen and oxygen atoms in total. The van der Waals surface area contributed by atoms with Gasteiger partial charge in [0.05, 0.1) is 11.9 Å². The minimum absolute atomic E-state index is 0.231. The molecule has 0 unspecified atom stereocenters. The highest BCUT2D eigenvalue weighted by atomic mass is 16.5. The van der Waals surface area contributed by atoms with Gasteiger partial charge in [-0.05, 0) is 45.8 Å². The fourth-order valence-corrected chi connectivity index (χ4v) is 1.01. The van der Waals surface area contributed by atoms with Gasteiger partial charge >= 0.3 is 0 Å². The molecule has 0 bridgehead atoms. The van der Waals surface area contributed by atoms with Gasteiger partial charge in [-0.1, -0.05) is 0 Å². The minimum atomic E-state index is 0.231. The number of allylic oxidation sites excluding steroid dienone is 3. The van der Waals surface area contributed by atoms with Crippen LogP contribution in [0.3, 0.4) is 0 Å². The third-order valence-corrected chi connectivity index (χ3v) is 1.97. The summed E-state index contributed by atoms with van der Waals surface area (Å²) in [5, 5.41) is 0. The Morgan fingerprint density at radius 3 is 2.21 bits per heavy atom. The first kappa shape index (κ1) is 13.0. The Hall–Kier alpha value is -0.960. The molecule has 0 aromatic heterocycles. The zero-order valence-corrected chi connectivity index (χ0v) is 10.1. The number of nitrogens with one attached hydrogen (secondary N) is 2. The molecule has 0 fully saturated rings. The quantitative estimate of drug-likeness (QED) is 0.404. The van der Waals surface area contributed by atoms with Crippen LogP contribution in [0.5, 0.6) is 0 Å². The van der Waals surface area contributed by atoms with Crippen LogP contribution in [0.15, 0.2) is 23.1 Å². The van der Waals surface area contributed by atoms with Crippen molar-refractivity contribution in [2.24, 2.45) is 0 Å². The Morgan fingerprint density at radius 1 is 1.21 bits per heavy atom. The van der Waals surface area contributed by atoms with Gasteiger partial charge in [-0.2, -0.15) is 0 Å². The maximum atomic E-state index is 5.60. The molecule has 0 spiro atoms. The van der Waals surface area contributed by atoms with E-state index in [1.807, 2.05) is 40.9 Å². The summed E-state index contributed by atoms with van der Waals surface area (Å²) in [5.41, 5.74) is 8.11. The highest BCUT2D eigenvalue weighted by Gasteiger charge is 2.02. The van der Waals surface area contributed by atoms with Crippen LogP contribution in [0.4, 0.5) is 0 Å². The molecule has 0 aromatic carbocycles. The lowest BCUT2D eigenvalue weighted by Crippen LogP contribution is -2.21. The van der Waals surface area contributed by atoms with E-state index in [1.165, 1.54) is 5.57 Å². The Labute approximate surface area is 87.2 Å². The summed E-state index contributed by atoms with van der Waals surface area (Å²) in [5.74, 6) is 0.978. The van der Waals surface area contributed by atoms with Crippen molar-refractivity contribution < 1.29 is 4.74 Å². The fraction of sp³-hybridized carbons (Fsp3) is 0.636. The highest BCUT2D eigenvalue weighted by molar-refractivity contribution is 5.28. The molecule has 0 aliphatic rings. The molecule has 0 saturated heterocycles. The van der Waals surface area contributed by atoms with Crippen molar-refractivity contribution in [1.82, 2.24) is 10.9 Å². The van der Waals surface area contributed by atoms with Crippen LogP contribution in [0.2, 0.25) is 0 Å². The molecule has 0 amide bonds. The molecule has 0 radical (unpaired) electrons. The molecule has 0 saturated carbocycles. The number of hydrogen-bond donors (Lipinski definition) is 2. The lowest BCUT2D eigenvalue weighted by atomic mass is 10.1. The Kier molecular flexibility index (Phi) is 6.04. The van der Waals surface area contributed by atoms with Crippen molar-refractivity contribution in [3.63, 3.8) is 0 Å². The monoisotopic (exact) mass is 198 g/mol. The van der Waals surface area contributed by atoms with Crippen molar-refractivity contribution in [3.8, 4) is 0 Å². The molecule has 0 aliphatic heterocycles. The van der Waals surface area contributed by atoms with E-state index in [-0.39, 0.29) is 6.10 Å². The summed E-state index contributed by atoms with van der Waals surface area (Å²) in [6.45, 7) is 10.2. The summed E-state index contributed by atoms with van der Waals surface area (Å²) in [7, 11) is 1.83. The van der Waals surface area contributed by atoms with Crippen molar-refractivity contribution in [3.05, 3.63) is 23.1 Å². The number of ether oxygens (including phenoxy) is 1. The van der Waals surface area contributed by atoms with Crippen molar-refractivity contribution in [2.75, 3.05) is 7.05 Å². The van der Waals surface area contributed by atoms with Gasteiger partial charge in [0.15, 0.2) is 0 Å². The van der Waals surface area contributed by atoms with Crippen LogP contribution < -0.4 is 10.9 Å². The van der Waals surface area contributed by atoms with E-state index in [1.54, 1.807) is 0 Å². The lowest BCUT2D eigenvalue weighted by molar-refractivity contribution is 0.147. The highest BCUT2D eigenvalue weighted by Crippen LogP contribution is 2.15. The molecule has 14 heavy (non-hydrogen) atoms. The van der Waals surface area contributed by atoms with Crippen molar-refractivity contribution >= 4 is 0 Å². The van der Waals surface area contributed by atoms with E-state index >= 15 is 0 Å². The first-order chi connectivity index (χ1) is 6.49. The third kappa shape index (κ3) is 4.92. The number of hydrogen-bond acceptors (Lipinski definition) is 3. The Bertz CT molecular complexity index is 229. The average molecular weight is 198 g/mol. The molecule has 2 N–H and O–H groups in total. The number of rotatable bonds is 5. The molecule has 0 atom stereocenters. The van der Waals surface area contributed by atoms with Gasteiger partial charge in [0, 0.05) is 13.2 Å². The van der Waals surface area contributed by atoms with Crippen LogP contribution in [0.1, 0.15) is 34.6 Å². The van der Waals surface area contributed by atoms with Gasteiger partial charge in [0.1, 0.15) is 0 Å². The topological polar surface area (TPSA) is 33.3 Å². The fourth-order valence-electron chi connectivity index (χ4n) is 1.01. The lowest BCUT2D eigenvalue weighted by Gasteiger charge is -2.13. The largest absolute Gasteiger partial charge is 0.495 e. The maximum Gasteiger partial charge on any atom is 0.0965 e. The third-order valence-electron chi connectivity index (χ3n) is 1.97. The molecule has 0 heterocycles.